The third-order valence-electron chi connectivity index (χ3n) is 3.55. The molecule has 0 bridgehead atoms. The monoisotopic (exact) mass is 297 g/mol. The lowest BCUT2D eigenvalue weighted by Crippen LogP contribution is -2.31. The molecular formula is C14H19NO4S. The van der Waals surface area contributed by atoms with Crippen LogP contribution in [-0.4, -0.2) is 38.9 Å². The van der Waals surface area contributed by atoms with E-state index < -0.39 is 16.0 Å². The molecule has 110 valence electrons. The summed E-state index contributed by atoms with van der Waals surface area (Å²) in [5.41, 5.74) is 0.0486. The molecule has 1 saturated heterocycles. The molecule has 0 saturated carbocycles. The van der Waals surface area contributed by atoms with Gasteiger partial charge in [0.25, 0.3) is 0 Å². The zero-order chi connectivity index (χ0) is 15.0. The van der Waals surface area contributed by atoms with Gasteiger partial charge >= 0.3 is 5.97 Å². The Bertz CT molecular complexity index is 622. The highest BCUT2D eigenvalue weighted by Gasteiger charge is 2.38. The van der Waals surface area contributed by atoms with Crippen LogP contribution in [-0.2, 0) is 14.8 Å². The lowest BCUT2D eigenvalue weighted by atomic mass is 9.93. The summed E-state index contributed by atoms with van der Waals surface area (Å²) in [7, 11) is -2.42. The lowest BCUT2D eigenvalue weighted by molar-refractivity contribution is 0.0596. The second kappa shape index (κ2) is 5.18. The largest absolute Gasteiger partial charge is 0.465 e. The third kappa shape index (κ3) is 2.71. The summed E-state index contributed by atoms with van der Waals surface area (Å²) in [6.07, 6.45) is 0.812. The molecule has 1 aromatic carbocycles. The lowest BCUT2D eigenvalue weighted by Gasteiger charge is -2.20. The number of carbonyl (C=O) groups excluding carboxylic acids is 1. The first kappa shape index (κ1) is 15.0. The van der Waals surface area contributed by atoms with E-state index in [9.17, 15) is 13.2 Å². The van der Waals surface area contributed by atoms with Crippen molar-refractivity contribution >= 4 is 16.0 Å². The number of ether oxygens (including phenoxy) is 1. The number of hydrogen-bond donors (Lipinski definition) is 0. The highest BCUT2D eigenvalue weighted by atomic mass is 32.2. The maximum atomic E-state index is 12.7. The van der Waals surface area contributed by atoms with Crippen LogP contribution in [0.3, 0.4) is 0 Å². The summed E-state index contributed by atoms with van der Waals surface area (Å²) in [5, 5.41) is 0. The normalized spacial score (nSPS) is 18.9. The molecule has 6 heteroatoms. The van der Waals surface area contributed by atoms with Gasteiger partial charge in [-0.05, 0) is 24.0 Å². The molecule has 1 heterocycles. The minimum Gasteiger partial charge on any atom is -0.465 e. The molecule has 20 heavy (non-hydrogen) atoms. The van der Waals surface area contributed by atoms with Crippen molar-refractivity contribution in [1.82, 2.24) is 4.31 Å². The van der Waals surface area contributed by atoms with Gasteiger partial charge in [0.2, 0.25) is 10.0 Å². The van der Waals surface area contributed by atoms with Crippen LogP contribution in [0.2, 0.25) is 0 Å². The SMILES string of the molecule is COC(=O)c1ccccc1S(=O)(=O)N1CCC(C)(C)C1. The molecule has 1 fully saturated rings. The van der Waals surface area contributed by atoms with Crippen molar-refractivity contribution in [3.63, 3.8) is 0 Å². The van der Waals surface area contributed by atoms with Crippen molar-refractivity contribution < 1.29 is 17.9 Å². The van der Waals surface area contributed by atoms with Crippen LogP contribution in [0.25, 0.3) is 0 Å². The first-order valence-corrected chi connectivity index (χ1v) is 7.89. The van der Waals surface area contributed by atoms with E-state index in [4.69, 9.17) is 0 Å². The highest BCUT2D eigenvalue weighted by molar-refractivity contribution is 7.89. The number of nitrogens with zero attached hydrogens (tertiary/aromatic N) is 1. The minimum absolute atomic E-state index is 0.0181. The summed E-state index contributed by atoms with van der Waals surface area (Å²) in [6, 6.07) is 6.16. The fourth-order valence-electron chi connectivity index (χ4n) is 2.38. The zero-order valence-electron chi connectivity index (χ0n) is 11.9. The summed E-state index contributed by atoms with van der Waals surface area (Å²) in [6.45, 7) is 5.01. The number of esters is 1. The van der Waals surface area contributed by atoms with Gasteiger partial charge < -0.3 is 4.74 Å². The van der Waals surface area contributed by atoms with Crippen LogP contribution in [0.4, 0.5) is 0 Å². The summed E-state index contributed by atoms with van der Waals surface area (Å²) < 4.78 is 31.5. The second-order valence-corrected chi connectivity index (χ2v) is 7.65. The van der Waals surface area contributed by atoms with E-state index in [-0.39, 0.29) is 15.9 Å². The molecule has 0 spiro atoms. The number of benzene rings is 1. The van der Waals surface area contributed by atoms with E-state index in [1.54, 1.807) is 12.1 Å². The van der Waals surface area contributed by atoms with E-state index >= 15 is 0 Å². The van der Waals surface area contributed by atoms with Crippen molar-refractivity contribution in [2.45, 2.75) is 25.2 Å². The first-order chi connectivity index (χ1) is 9.28. The van der Waals surface area contributed by atoms with Crippen molar-refractivity contribution in [2.24, 2.45) is 5.41 Å². The van der Waals surface area contributed by atoms with E-state index in [1.807, 2.05) is 13.8 Å². The van der Waals surface area contributed by atoms with Crippen LogP contribution in [0.1, 0.15) is 30.6 Å². The quantitative estimate of drug-likeness (QED) is 0.799. The Morgan fingerprint density at radius 1 is 1.30 bits per heavy atom. The molecule has 5 nitrogen and oxygen atoms in total. The van der Waals surface area contributed by atoms with Crippen LogP contribution in [0.15, 0.2) is 29.2 Å². The Labute approximate surface area is 119 Å². The topological polar surface area (TPSA) is 63.7 Å². The average Bonchev–Trinajstić information content (AvgIpc) is 2.79. The van der Waals surface area contributed by atoms with Crippen molar-refractivity contribution in [1.29, 1.82) is 0 Å². The molecule has 0 aromatic heterocycles. The fourth-order valence-corrected chi connectivity index (χ4v) is 4.19. The maximum absolute atomic E-state index is 12.7. The number of hydrogen-bond acceptors (Lipinski definition) is 4. The van der Waals surface area contributed by atoms with Crippen molar-refractivity contribution in [3.05, 3.63) is 29.8 Å². The molecule has 1 aliphatic heterocycles. The highest BCUT2D eigenvalue weighted by Crippen LogP contribution is 2.33. The predicted molar refractivity (Wildman–Crippen MR) is 74.9 cm³/mol. The molecule has 1 aromatic rings. The number of carbonyl (C=O) groups is 1. The van der Waals surface area contributed by atoms with E-state index in [0.29, 0.717) is 13.1 Å². The summed E-state index contributed by atoms with van der Waals surface area (Å²) >= 11 is 0. The molecule has 0 amide bonds. The van der Waals surface area contributed by atoms with Gasteiger partial charge in [-0.3, -0.25) is 0 Å². The number of rotatable bonds is 3. The average molecular weight is 297 g/mol. The van der Waals surface area contributed by atoms with Gasteiger partial charge in [-0.2, -0.15) is 4.31 Å². The first-order valence-electron chi connectivity index (χ1n) is 6.45. The molecule has 0 unspecified atom stereocenters. The molecule has 1 aliphatic rings. The standard InChI is InChI=1S/C14H19NO4S/c1-14(2)8-9-15(10-14)20(17,18)12-7-5-4-6-11(12)13(16)19-3/h4-7H,8-10H2,1-3H3. The van der Waals surface area contributed by atoms with Gasteiger partial charge in [-0.1, -0.05) is 26.0 Å². The minimum atomic E-state index is -3.66. The Kier molecular flexibility index (Phi) is 3.88. The number of sulfonamides is 1. The molecule has 0 radical (unpaired) electrons. The third-order valence-corrected chi connectivity index (χ3v) is 5.46. The Morgan fingerprint density at radius 3 is 2.50 bits per heavy atom. The molecular weight excluding hydrogens is 278 g/mol. The Balaban J connectivity index is 2.43. The van der Waals surface area contributed by atoms with E-state index in [1.165, 1.54) is 23.5 Å². The van der Waals surface area contributed by atoms with Gasteiger partial charge in [0.05, 0.1) is 17.6 Å². The smallest absolute Gasteiger partial charge is 0.339 e. The van der Waals surface area contributed by atoms with Gasteiger partial charge in [0.15, 0.2) is 0 Å². The molecule has 0 atom stereocenters. The summed E-state index contributed by atoms with van der Waals surface area (Å²) in [5.74, 6) is -0.636. The van der Waals surface area contributed by atoms with Crippen LogP contribution in [0.5, 0.6) is 0 Å². The molecule has 0 aliphatic carbocycles. The predicted octanol–water partition coefficient (Wildman–Crippen LogP) is 1.89. The van der Waals surface area contributed by atoms with Crippen molar-refractivity contribution in [3.8, 4) is 0 Å². The van der Waals surface area contributed by atoms with Gasteiger partial charge in [0.1, 0.15) is 0 Å². The Hall–Kier alpha value is -1.40. The zero-order valence-corrected chi connectivity index (χ0v) is 12.7. The Morgan fingerprint density at radius 2 is 1.95 bits per heavy atom. The molecule has 2 rings (SSSR count). The molecule has 0 N–H and O–H groups in total. The van der Waals surface area contributed by atoms with Crippen LogP contribution < -0.4 is 0 Å². The van der Waals surface area contributed by atoms with Gasteiger partial charge in [0, 0.05) is 13.1 Å². The van der Waals surface area contributed by atoms with Crippen LogP contribution >= 0.6 is 0 Å². The van der Waals surface area contributed by atoms with E-state index in [0.717, 1.165) is 6.42 Å². The van der Waals surface area contributed by atoms with Gasteiger partial charge in [-0.25, -0.2) is 13.2 Å². The maximum Gasteiger partial charge on any atom is 0.339 e. The number of methoxy groups -OCH3 is 1. The second-order valence-electron chi connectivity index (χ2n) is 5.74. The van der Waals surface area contributed by atoms with Crippen molar-refractivity contribution in [2.75, 3.05) is 20.2 Å². The van der Waals surface area contributed by atoms with E-state index in [2.05, 4.69) is 4.74 Å². The summed E-state index contributed by atoms with van der Waals surface area (Å²) in [4.78, 5) is 11.7. The van der Waals surface area contributed by atoms with Gasteiger partial charge in [-0.15, -0.1) is 0 Å². The fraction of sp³-hybridized carbons (Fsp3) is 0.500. The van der Waals surface area contributed by atoms with Crippen LogP contribution in [0, 0.1) is 5.41 Å².